The quantitative estimate of drug-likeness (QED) is 0.673. The summed E-state index contributed by atoms with van der Waals surface area (Å²) < 4.78 is 0. The van der Waals surface area contributed by atoms with Crippen LogP contribution in [0.3, 0.4) is 0 Å². The summed E-state index contributed by atoms with van der Waals surface area (Å²) in [5.41, 5.74) is 5.10. The van der Waals surface area contributed by atoms with Crippen molar-refractivity contribution in [2.45, 2.75) is 44.8 Å². The summed E-state index contributed by atoms with van der Waals surface area (Å²) in [6.45, 7) is 5.80. The molecule has 1 fully saturated rings. The van der Waals surface area contributed by atoms with Crippen LogP contribution in [-0.4, -0.2) is 39.7 Å². The number of rotatable bonds is 2. The van der Waals surface area contributed by atoms with E-state index in [4.69, 9.17) is 18.0 Å². The number of aliphatic hydroxyl groups is 1. The van der Waals surface area contributed by atoms with Gasteiger partial charge in [-0.1, -0.05) is 12.2 Å². The maximum Gasteiger partial charge on any atom is 0.0899 e. The SMILES string of the molecule is CC(C(N)=S)N1CCCC(C)(O)CC1. The van der Waals surface area contributed by atoms with E-state index in [0.29, 0.717) is 4.99 Å². The molecule has 1 aliphatic heterocycles. The summed E-state index contributed by atoms with van der Waals surface area (Å²) in [7, 11) is 0. The van der Waals surface area contributed by atoms with Gasteiger partial charge in [-0.05, 0) is 39.7 Å². The van der Waals surface area contributed by atoms with E-state index in [2.05, 4.69) is 4.90 Å². The summed E-state index contributed by atoms with van der Waals surface area (Å²) in [6.07, 6.45) is 2.69. The van der Waals surface area contributed by atoms with Gasteiger partial charge in [0, 0.05) is 6.54 Å². The Morgan fingerprint density at radius 3 is 2.71 bits per heavy atom. The summed E-state index contributed by atoms with van der Waals surface area (Å²) in [4.78, 5) is 2.80. The third kappa shape index (κ3) is 3.19. The zero-order valence-corrected chi connectivity index (χ0v) is 9.81. The van der Waals surface area contributed by atoms with E-state index >= 15 is 0 Å². The van der Waals surface area contributed by atoms with Gasteiger partial charge in [-0.2, -0.15) is 0 Å². The van der Waals surface area contributed by atoms with Crippen LogP contribution in [0.2, 0.25) is 0 Å². The lowest BCUT2D eigenvalue weighted by atomic mass is 9.98. The third-order valence-electron chi connectivity index (χ3n) is 3.06. The molecule has 0 aliphatic carbocycles. The van der Waals surface area contributed by atoms with Crippen LogP contribution >= 0.6 is 12.2 Å². The van der Waals surface area contributed by atoms with E-state index in [-0.39, 0.29) is 6.04 Å². The molecule has 0 amide bonds. The van der Waals surface area contributed by atoms with Gasteiger partial charge in [0.2, 0.25) is 0 Å². The zero-order valence-electron chi connectivity index (χ0n) is 8.99. The Bertz CT molecular complexity index is 218. The fourth-order valence-electron chi connectivity index (χ4n) is 1.85. The molecular formula is C10H20N2OS. The van der Waals surface area contributed by atoms with E-state index in [0.717, 1.165) is 32.4 Å². The molecule has 1 aliphatic rings. The molecule has 2 atom stereocenters. The topological polar surface area (TPSA) is 49.5 Å². The second kappa shape index (κ2) is 4.55. The monoisotopic (exact) mass is 216 g/mol. The molecule has 3 N–H and O–H groups in total. The largest absolute Gasteiger partial charge is 0.392 e. The molecule has 1 rings (SSSR count). The van der Waals surface area contributed by atoms with Crippen LogP contribution < -0.4 is 5.73 Å². The second-order valence-electron chi connectivity index (χ2n) is 4.46. The van der Waals surface area contributed by atoms with E-state index in [1.165, 1.54) is 0 Å². The highest BCUT2D eigenvalue weighted by Crippen LogP contribution is 2.22. The fraction of sp³-hybridized carbons (Fsp3) is 0.900. The lowest BCUT2D eigenvalue weighted by Gasteiger charge is -2.27. The number of likely N-dealkylation sites (tertiary alicyclic amines) is 1. The molecule has 1 saturated heterocycles. The maximum atomic E-state index is 9.90. The summed E-state index contributed by atoms with van der Waals surface area (Å²) in [6, 6.07) is 0.152. The van der Waals surface area contributed by atoms with Gasteiger partial charge in [0.05, 0.1) is 16.6 Å². The fourth-order valence-corrected chi connectivity index (χ4v) is 2.00. The van der Waals surface area contributed by atoms with Crippen molar-refractivity contribution >= 4 is 17.2 Å². The summed E-state index contributed by atoms with van der Waals surface area (Å²) >= 11 is 4.97. The van der Waals surface area contributed by atoms with Gasteiger partial charge in [-0.3, -0.25) is 4.90 Å². The van der Waals surface area contributed by atoms with Gasteiger partial charge < -0.3 is 10.8 Å². The number of nitrogens with zero attached hydrogens (tertiary/aromatic N) is 1. The summed E-state index contributed by atoms with van der Waals surface area (Å²) in [5.74, 6) is 0. The van der Waals surface area contributed by atoms with Crippen molar-refractivity contribution in [3.8, 4) is 0 Å². The van der Waals surface area contributed by atoms with Crippen LogP contribution in [0.4, 0.5) is 0 Å². The first-order valence-electron chi connectivity index (χ1n) is 5.18. The van der Waals surface area contributed by atoms with Crippen LogP contribution in [0.1, 0.15) is 33.1 Å². The average Bonchev–Trinajstić information content (AvgIpc) is 2.25. The summed E-state index contributed by atoms with van der Waals surface area (Å²) in [5, 5.41) is 9.90. The molecule has 2 unspecified atom stereocenters. The van der Waals surface area contributed by atoms with Crippen molar-refractivity contribution < 1.29 is 5.11 Å². The Kier molecular flexibility index (Phi) is 3.86. The minimum atomic E-state index is -0.509. The lowest BCUT2D eigenvalue weighted by Crippen LogP contribution is -2.42. The van der Waals surface area contributed by atoms with Gasteiger partial charge in [0.1, 0.15) is 0 Å². The highest BCUT2D eigenvalue weighted by atomic mass is 32.1. The Balaban J connectivity index is 2.54. The number of thiocarbonyl (C=S) groups is 1. The van der Waals surface area contributed by atoms with Crippen molar-refractivity contribution in [3.05, 3.63) is 0 Å². The van der Waals surface area contributed by atoms with Gasteiger partial charge in [-0.15, -0.1) is 0 Å². The van der Waals surface area contributed by atoms with Crippen molar-refractivity contribution in [1.29, 1.82) is 0 Å². The molecule has 0 aromatic heterocycles. The van der Waals surface area contributed by atoms with Crippen LogP contribution in [0, 0.1) is 0 Å². The molecule has 0 saturated carbocycles. The Hall–Kier alpha value is -0.190. The van der Waals surface area contributed by atoms with Crippen molar-refractivity contribution in [3.63, 3.8) is 0 Å². The van der Waals surface area contributed by atoms with Crippen molar-refractivity contribution in [1.82, 2.24) is 4.90 Å². The lowest BCUT2D eigenvalue weighted by molar-refractivity contribution is 0.0443. The molecule has 0 radical (unpaired) electrons. The van der Waals surface area contributed by atoms with Gasteiger partial charge in [0.25, 0.3) is 0 Å². The molecule has 0 spiro atoms. The molecule has 0 bridgehead atoms. The second-order valence-corrected chi connectivity index (χ2v) is 4.94. The number of hydrogen-bond donors (Lipinski definition) is 2. The van der Waals surface area contributed by atoms with E-state index < -0.39 is 5.60 Å². The minimum Gasteiger partial charge on any atom is -0.392 e. The van der Waals surface area contributed by atoms with Gasteiger partial charge in [0.15, 0.2) is 0 Å². The Morgan fingerprint density at radius 1 is 1.50 bits per heavy atom. The van der Waals surface area contributed by atoms with Crippen molar-refractivity contribution in [2.75, 3.05) is 13.1 Å². The molecule has 14 heavy (non-hydrogen) atoms. The first kappa shape index (κ1) is 11.9. The highest BCUT2D eigenvalue weighted by molar-refractivity contribution is 7.80. The van der Waals surface area contributed by atoms with Crippen LogP contribution in [0.5, 0.6) is 0 Å². The van der Waals surface area contributed by atoms with Crippen LogP contribution in [-0.2, 0) is 0 Å². The van der Waals surface area contributed by atoms with Gasteiger partial charge in [-0.25, -0.2) is 0 Å². The van der Waals surface area contributed by atoms with Crippen molar-refractivity contribution in [2.24, 2.45) is 5.73 Å². The first-order valence-corrected chi connectivity index (χ1v) is 5.59. The third-order valence-corrected chi connectivity index (χ3v) is 3.40. The zero-order chi connectivity index (χ0) is 10.8. The maximum absolute atomic E-state index is 9.90. The van der Waals surface area contributed by atoms with Gasteiger partial charge >= 0.3 is 0 Å². The van der Waals surface area contributed by atoms with E-state index in [1.807, 2.05) is 13.8 Å². The Labute approximate surface area is 91.3 Å². The minimum absolute atomic E-state index is 0.152. The molecule has 4 heteroatoms. The highest BCUT2D eigenvalue weighted by Gasteiger charge is 2.27. The smallest absolute Gasteiger partial charge is 0.0899 e. The molecular weight excluding hydrogens is 196 g/mol. The van der Waals surface area contributed by atoms with E-state index in [1.54, 1.807) is 0 Å². The van der Waals surface area contributed by atoms with E-state index in [9.17, 15) is 5.11 Å². The number of hydrogen-bond acceptors (Lipinski definition) is 3. The molecule has 82 valence electrons. The van der Waals surface area contributed by atoms with Crippen LogP contribution in [0.15, 0.2) is 0 Å². The molecule has 0 aromatic rings. The predicted octanol–water partition coefficient (Wildman–Crippen LogP) is 0.898. The molecule has 3 nitrogen and oxygen atoms in total. The number of nitrogens with two attached hydrogens (primary N) is 1. The molecule has 1 heterocycles. The predicted molar refractivity (Wildman–Crippen MR) is 62.3 cm³/mol. The standard InChI is InChI=1S/C10H20N2OS/c1-8(9(11)14)12-6-3-4-10(2,13)5-7-12/h8,13H,3-7H2,1-2H3,(H2,11,14). The van der Waals surface area contributed by atoms with Crippen LogP contribution in [0.25, 0.3) is 0 Å². The Morgan fingerprint density at radius 2 is 2.14 bits per heavy atom. The molecule has 0 aromatic carbocycles. The normalized spacial score (nSPS) is 32.2. The first-order chi connectivity index (χ1) is 6.42. The average molecular weight is 216 g/mol.